The van der Waals surface area contributed by atoms with E-state index in [2.05, 4.69) is 22.2 Å². The molecular formula is C16H19ClF3N5. The number of benzene rings is 1. The van der Waals surface area contributed by atoms with Crippen molar-refractivity contribution in [3.8, 4) is 0 Å². The Hall–Kier alpha value is -2.22. The van der Waals surface area contributed by atoms with Crippen LogP contribution in [-0.2, 0) is 6.18 Å². The summed E-state index contributed by atoms with van der Waals surface area (Å²) < 4.78 is 38.6. The second-order valence-electron chi connectivity index (χ2n) is 5.55. The number of hydrogen-bond acceptors (Lipinski definition) is 5. The van der Waals surface area contributed by atoms with Crippen LogP contribution >= 0.6 is 11.6 Å². The summed E-state index contributed by atoms with van der Waals surface area (Å²) in [6.07, 6.45) is -1.19. The maximum absolute atomic E-state index is 12.9. The summed E-state index contributed by atoms with van der Waals surface area (Å²) in [6.45, 7) is 2.82. The van der Waals surface area contributed by atoms with Gasteiger partial charge in [-0.15, -0.1) is 0 Å². The van der Waals surface area contributed by atoms with Crippen LogP contribution in [0.5, 0.6) is 0 Å². The van der Waals surface area contributed by atoms with E-state index in [9.17, 15) is 13.2 Å². The van der Waals surface area contributed by atoms with E-state index in [-0.39, 0.29) is 22.2 Å². The van der Waals surface area contributed by atoms with Gasteiger partial charge < -0.3 is 16.0 Å². The quantitative estimate of drug-likeness (QED) is 0.767. The lowest BCUT2D eigenvalue weighted by Crippen LogP contribution is -2.21. The number of halogens is 4. The molecule has 2 rings (SSSR count). The summed E-state index contributed by atoms with van der Waals surface area (Å²) in [5, 5.41) is 2.90. The minimum Gasteiger partial charge on any atom is -0.393 e. The lowest BCUT2D eigenvalue weighted by molar-refractivity contribution is -0.137. The maximum Gasteiger partial charge on any atom is 0.416 e. The molecule has 136 valence electrons. The maximum atomic E-state index is 12.9. The second-order valence-corrected chi connectivity index (χ2v) is 5.96. The molecule has 0 radical (unpaired) electrons. The van der Waals surface area contributed by atoms with Gasteiger partial charge in [-0.3, -0.25) is 0 Å². The van der Waals surface area contributed by atoms with E-state index in [4.69, 9.17) is 17.3 Å². The Morgan fingerprint density at radius 2 is 2.00 bits per heavy atom. The Morgan fingerprint density at radius 1 is 1.28 bits per heavy atom. The van der Waals surface area contributed by atoms with E-state index in [1.165, 1.54) is 12.4 Å². The van der Waals surface area contributed by atoms with Gasteiger partial charge in [0.1, 0.15) is 12.0 Å². The van der Waals surface area contributed by atoms with Crippen molar-refractivity contribution in [3.63, 3.8) is 0 Å². The highest BCUT2D eigenvalue weighted by Crippen LogP contribution is 2.36. The predicted octanol–water partition coefficient (Wildman–Crippen LogP) is 4.71. The molecule has 0 unspecified atom stereocenters. The topological polar surface area (TPSA) is 67.1 Å². The average molecular weight is 374 g/mol. The standard InChI is InChI=1S/C16H19ClF3N5/c1-3-4-7-25(2)15-13(21)14(22-9-23-15)24-12-8-10(16(18,19)20)5-6-11(12)17/h5-6,8-9H,3-4,7,21H2,1-2H3,(H,22,23,24). The molecule has 1 heterocycles. The van der Waals surface area contributed by atoms with Gasteiger partial charge in [0.15, 0.2) is 11.6 Å². The Labute approximate surface area is 149 Å². The van der Waals surface area contributed by atoms with E-state index >= 15 is 0 Å². The molecule has 0 aliphatic heterocycles. The summed E-state index contributed by atoms with van der Waals surface area (Å²) in [5.74, 6) is 0.712. The SMILES string of the molecule is CCCCN(C)c1ncnc(Nc2cc(C(F)(F)F)ccc2Cl)c1N. The zero-order chi connectivity index (χ0) is 18.6. The van der Waals surface area contributed by atoms with Crippen molar-refractivity contribution in [1.29, 1.82) is 0 Å². The number of rotatable bonds is 6. The smallest absolute Gasteiger partial charge is 0.393 e. The number of hydrogen-bond donors (Lipinski definition) is 2. The van der Waals surface area contributed by atoms with Gasteiger partial charge in [0.05, 0.1) is 16.3 Å². The van der Waals surface area contributed by atoms with Crippen LogP contribution in [0.1, 0.15) is 25.3 Å². The number of aromatic nitrogens is 2. The minimum absolute atomic E-state index is 0.0732. The molecule has 0 saturated heterocycles. The van der Waals surface area contributed by atoms with Crippen molar-refractivity contribution < 1.29 is 13.2 Å². The molecule has 0 aliphatic rings. The molecule has 0 saturated carbocycles. The number of nitrogens with two attached hydrogens (primary N) is 1. The van der Waals surface area contributed by atoms with Gasteiger partial charge >= 0.3 is 6.18 Å². The van der Waals surface area contributed by atoms with Crippen LogP contribution in [0, 0.1) is 0 Å². The van der Waals surface area contributed by atoms with Crippen molar-refractivity contribution in [3.05, 3.63) is 35.1 Å². The summed E-state index contributed by atoms with van der Waals surface area (Å²) in [5.41, 5.74) is 5.59. The van der Waals surface area contributed by atoms with Crippen LogP contribution < -0.4 is 16.0 Å². The molecule has 25 heavy (non-hydrogen) atoms. The second kappa shape index (κ2) is 7.77. The van der Waals surface area contributed by atoms with Gasteiger partial charge in [0.2, 0.25) is 0 Å². The zero-order valence-corrected chi connectivity index (χ0v) is 14.6. The van der Waals surface area contributed by atoms with Crippen molar-refractivity contribution in [2.45, 2.75) is 25.9 Å². The largest absolute Gasteiger partial charge is 0.416 e. The molecule has 0 atom stereocenters. The first-order valence-electron chi connectivity index (χ1n) is 7.69. The lowest BCUT2D eigenvalue weighted by Gasteiger charge is -2.21. The molecular weight excluding hydrogens is 355 g/mol. The van der Waals surface area contributed by atoms with E-state index in [1.807, 2.05) is 11.9 Å². The van der Waals surface area contributed by atoms with Crippen LogP contribution in [0.2, 0.25) is 5.02 Å². The fourth-order valence-corrected chi connectivity index (χ4v) is 2.38. The van der Waals surface area contributed by atoms with Gasteiger partial charge in [-0.25, -0.2) is 9.97 Å². The molecule has 0 spiro atoms. The number of unbranched alkanes of at least 4 members (excludes halogenated alkanes) is 1. The predicted molar refractivity (Wildman–Crippen MR) is 94.4 cm³/mol. The highest BCUT2D eigenvalue weighted by Gasteiger charge is 2.31. The Morgan fingerprint density at radius 3 is 2.64 bits per heavy atom. The normalized spacial score (nSPS) is 11.4. The van der Waals surface area contributed by atoms with Crippen molar-refractivity contribution in [2.75, 3.05) is 29.5 Å². The van der Waals surface area contributed by atoms with Crippen LogP contribution in [0.25, 0.3) is 0 Å². The van der Waals surface area contributed by atoms with E-state index < -0.39 is 11.7 Å². The fraction of sp³-hybridized carbons (Fsp3) is 0.375. The zero-order valence-electron chi connectivity index (χ0n) is 13.9. The Kier molecular flexibility index (Phi) is 5.94. The number of alkyl halides is 3. The number of nitrogens with zero attached hydrogens (tertiary/aromatic N) is 3. The fourth-order valence-electron chi connectivity index (χ4n) is 2.22. The molecule has 1 aromatic carbocycles. The lowest BCUT2D eigenvalue weighted by atomic mass is 10.2. The van der Waals surface area contributed by atoms with Crippen LogP contribution in [0.3, 0.4) is 0 Å². The molecule has 0 fully saturated rings. The van der Waals surface area contributed by atoms with Crippen LogP contribution in [-0.4, -0.2) is 23.6 Å². The Bertz CT molecular complexity index is 736. The summed E-state index contributed by atoms with van der Waals surface area (Å²) in [4.78, 5) is 10.0. The van der Waals surface area contributed by atoms with Gasteiger partial charge in [-0.1, -0.05) is 24.9 Å². The van der Waals surface area contributed by atoms with Crippen molar-refractivity contribution >= 4 is 34.6 Å². The molecule has 3 N–H and O–H groups in total. The van der Waals surface area contributed by atoms with Gasteiger partial charge in [-0.2, -0.15) is 13.2 Å². The van der Waals surface area contributed by atoms with E-state index in [1.54, 1.807) is 0 Å². The van der Waals surface area contributed by atoms with Crippen molar-refractivity contribution in [2.24, 2.45) is 0 Å². The molecule has 0 aliphatic carbocycles. The monoisotopic (exact) mass is 373 g/mol. The highest BCUT2D eigenvalue weighted by molar-refractivity contribution is 6.33. The third kappa shape index (κ3) is 4.66. The van der Waals surface area contributed by atoms with Crippen molar-refractivity contribution in [1.82, 2.24) is 9.97 Å². The van der Waals surface area contributed by atoms with Gasteiger partial charge in [0, 0.05) is 13.6 Å². The van der Waals surface area contributed by atoms with Crippen LogP contribution in [0.15, 0.2) is 24.5 Å². The first-order chi connectivity index (χ1) is 11.7. The third-order valence-corrected chi connectivity index (χ3v) is 3.95. The molecule has 2 aromatic rings. The molecule has 9 heteroatoms. The molecule has 5 nitrogen and oxygen atoms in total. The van der Waals surface area contributed by atoms with E-state index in [0.717, 1.165) is 31.5 Å². The molecule has 1 aromatic heterocycles. The van der Waals surface area contributed by atoms with Gasteiger partial charge in [0.25, 0.3) is 0 Å². The number of anilines is 4. The number of nitrogen functional groups attached to an aromatic ring is 1. The van der Waals surface area contributed by atoms with Crippen LogP contribution in [0.4, 0.5) is 36.2 Å². The summed E-state index contributed by atoms with van der Waals surface area (Å²) >= 11 is 5.99. The number of nitrogens with one attached hydrogen (secondary N) is 1. The first kappa shape index (κ1) is 19.1. The Balaban J connectivity index is 2.32. The van der Waals surface area contributed by atoms with E-state index in [0.29, 0.717) is 5.82 Å². The highest BCUT2D eigenvalue weighted by atomic mass is 35.5. The minimum atomic E-state index is -4.47. The third-order valence-electron chi connectivity index (χ3n) is 3.62. The summed E-state index contributed by atoms with van der Waals surface area (Å²) in [6, 6.07) is 3.02. The average Bonchev–Trinajstić information content (AvgIpc) is 2.55. The molecule has 0 bridgehead atoms. The molecule has 0 amide bonds. The first-order valence-corrected chi connectivity index (χ1v) is 8.07. The van der Waals surface area contributed by atoms with Gasteiger partial charge in [-0.05, 0) is 24.6 Å². The summed E-state index contributed by atoms with van der Waals surface area (Å²) in [7, 11) is 1.84.